The molecular weight excluding hydrogens is 204 g/mol. The smallest absolute Gasteiger partial charge is 0.330 e. The van der Waals surface area contributed by atoms with Gasteiger partial charge in [0, 0.05) is 6.08 Å². The SMILES string of the molecule is COC(=O)C=C1CCC2C3OC3CC[C@]12C. The molecule has 0 bridgehead atoms. The third-order valence-electron chi connectivity index (χ3n) is 4.74. The Labute approximate surface area is 95.8 Å². The van der Waals surface area contributed by atoms with Crippen LogP contribution < -0.4 is 0 Å². The number of ether oxygens (including phenoxy) is 2. The van der Waals surface area contributed by atoms with E-state index in [1.807, 2.05) is 0 Å². The molecule has 0 aromatic heterocycles. The number of fused-ring (bicyclic) bond motifs is 3. The Morgan fingerprint density at radius 3 is 3.12 bits per heavy atom. The van der Waals surface area contributed by atoms with Gasteiger partial charge in [0.1, 0.15) is 0 Å². The van der Waals surface area contributed by atoms with Crippen LogP contribution in [0.2, 0.25) is 0 Å². The van der Waals surface area contributed by atoms with E-state index >= 15 is 0 Å². The molecule has 3 fully saturated rings. The van der Waals surface area contributed by atoms with Gasteiger partial charge in [0.25, 0.3) is 0 Å². The number of carbonyl (C=O) groups is 1. The second-order valence-corrected chi connectivity index (χ2v) is 5.43. The summed E-state index contributed by atoms with van der Waals surface area (Å²) in [7, 11) is 1.44. The molecule has 88 valence electrons. The van der Waals surface area contributed by atoms with Gasteiger partial charge in [-0.3, -0.25) is 0 Å². The van der Waals surface area contributed by atoms with Crippen molar-refractivity contribution < 1.29 is 14.3 Å². The molecule has 0 radical (unpaired) electrons. The number of epoxide rings is 1. The highest BCUT2D eigenvalue weighted by Crippen LogP contribution is 2.60. The van der Waals surface area contributed by atoms with Gasteiger partial charge in [-0.2, -0.15) is 0 Å². The Morgan fingerprint density at radius 1 is 1.56 bits per heavy atom. The number of esters is 1. The van der Waals surface area contributed by atoms with E-state index in [-0.39, 0.29) is 11.4 Å². The van der Waals surface area contributed by atoms with Crippen LogP contribution in [-0.4, -0.2) is 25.3 Å². The van der Waals surface area contributed by atoms with Crippen molar-refractivity contribution in [3.63, 3.8) is 0 Å². The molecule has 3 heteroatoms. The molecule has 0 spiro atoms. The molecule has 1 saturated heterocycles. The second kappa shape index (κ2) is 3.33. The van der Waals surface area contributed by atoms with Gasteiger partial charge in [0.15, 0.2) is 0 Å². The maximum absolute atomic E-state index is 11.3. The normalized spacial score (nSPS) is 47.4. The minimum Gasteiger partial charge on any atom is -0.466 e. The summed E-state index contributed by atoms with van der Waals surface area (Å²) in [5.74, 6) is 0.415. The Hall–Kier alpha value is -0.830. The first-order valence-corrected chi connectivity index (χ1v) is 6.09. The molecule has 0 aromatic carbocycles. The second-order valence-electron chi connectivity index (χ2n) is 5.43. The molecule has 3 aliphatic rings. The van der Waals surface area contributed by atoms with Crippen molar-refractivity contribution >= 4 is 5.97 Å². The third-order valence-corrected chi connectivity index (χ3v) is 4.74. The van der Waals surface area contributed by atoms with E-state index in [0.717, 1.165) is 19.3 Å². The molecule has 2 saturated carbocycles. The molecule has 1 heterocycles. The van der Waals surface area contributed by atoms with Crippen molar-refractivity contribution in [2.45, 2.75) is 44.8 Å². The molecule has 3 nitrogen and oxygen atoms in total. The lowest BCUT2D eigenvalue weighted by atomic mass is 9.68. The van der Waals surface area contributed by atoms with Gasteiger partial charge in [0.2, 0.25) is 0 Å². The maximum atomic E-state index is 11.3. The largest absolute Gasteiger partial charge is 0.466 e. The summed E-state index contributed by atoms with van der Waals surface area (Å²) in [5, 5.41) is 0. The van der Waals surface area contributed by atoms with E-state index in [1.54, 1.807) is 6.08 Å². The summed E-state index contributed by atoms with van der Waals surface area (Å²) in [6.45, 7) is 2.29. The zero-order valence-corrected chi connectivity index (χ0v) is 9.86. The molecular formula is C13H18O3. The van der Waals surface area contributed by atoms with Crippen molar-refractivity contribution in [1.29, 1.82) is 0 Å². The van der Waals surface area contributed by atoms with Crippen LogP contribution in [0.25, 0.3) is 0 Å². The molecule has 0 N–H and O–H groups in total. The number of carbonyl (C=O) groups excluding carboxylic acids is 1. The quantitative estimate of drug-likeness (QED) is 0.387. The van der Waals surface area contributed by atoms with E-state index in [9.17, 15) is 4.79 Å². The van der Waals surface area contributed by atoms with E-state index in [0.29, 0.717) is 18.1 Å². The minimum absolute atomic E-state index is 0.186. The van der Waals surface area contributed by atoms with Crippen LogP contribution in [0.3, 0.4) is 0 Å². The predicted octanol–water partition coefficient (Wildman–Crippen LogP) is 2.06. The number of allylic oxidation sites excluding steroid dienone is 1. The van der Waals surface area contributed by atoms with E-state index in [4.69, 9.17) is 9.47 Å². The summed E-state index contributed by atoms with van der Waals surface area (Å²) < 4.78 is 10.4. The van der Waals surface area contributed by atoms with Crippen molar-refractivity contribution in [3.05, 3.63) is 11.6 Å². The van der Waals surface area contributed by atoms with Gasteiger partial charge in [-0.15, -0.1) is 0 Å². The average Bonchev–Trinajstić information content (AvgIpc) is 2.98. The zero-order chi connectivity index (χ0) is 11.3. The molecule has 0 amide bonds. The minimum atomic E-state index is -0.212. The third kappa shape index (κ3) is 1.34. The fourth-order valence-electron chi connectivity index (χ4n) is 3.65. The van der Waals surface area contributed by atoms with Crippen molar-refractivity contribution in [2.24, 2.45) is 11.3 Å². The number of methoxy groups -OCH3 is 1. The van der Waals surface area contributed by atoms with E-state index in [1.165, 1.54) is 19.1 Å². The summed E-state index contributed by atoms with van der Waals surface area (Å²) in [6.07, 6.45) is 7.21. The van der Waals surface area contributed by atoms with Crippen LogP contribution >= 0.6 is 0 Å². The van der Waals surface area contributed by atoms with Crippen LogP contribution in [0, 0.1) is 11.3 Å². The highest BCUT2D eigenvalue weighted by Gasteiger charge is 2.59. The van der Waals surface area contributed by atoms with Gasteiger partial charge in [0.05, 0.1) is 19.3 Å². The molecule has 0 aromatic rings. The topological polar surface area (TPSA) is 38.8 Å². The maximum Gasteiger partial charge on any atom is 0.330 e. The first-order valence-electron chi connectivity index (χ1n) is 6.09. The van der Waals surface area contributed by atoms with Crippen LogP contribution in [-0.2, 0) is 14.3 Å². The number of hydrogen-bond acceptors (Lipinski definition) is 3. The lowest BCUT2D eigenvalue weighted by molar-refractivity contribution is -0.135. The summed E-state index contributed by atoms with van der Waals surface area (Å²) in [5.41, 5.74) is 1.46. The Balaban J connectivity index is 1.87. The van der Waals surface area contributed by atoms with Gasteiger partial charge in [-0.05, 0) is 37.0 Å². The van der Waals surface area contributed by atoms with Crippen LogP contribution in [0.4, 0.5) is 0 Å². The van der Waals surface area contributed by atoms with Crippen LogP contribution in [0.5, 0.6) is 0 Å². The van der Waals surface area contributed by atoms with Crippen molar-refractivity contribution in [3.8, 4) is 0 Å². The standard InChI is InChI=1S/C13H18O3/c1-13-6-5-10-12(16-10)9(13)4-3-8(13)7-11(14)15-2/h7,9-10,12H,3-6H2,1-2H3/t9?,10?,12?,13-/m1/s1. The lowest BCUT2D eigenvalue weighted by Gasteiger charge is -2.35. The molecule has 3 unspecified atom stereocenters. The molecule has 3 rings (SSSR count). The zero-order valence-electron chi connectivity index (χ0n) is 9.86. The van der Waals surface area contributed by atoms with Crippen LogP contribution in [0.1, 0.15) is 32.6 Å². The van der Waals surface area contributed by atoms with Crippen LogP contribution in [0.15, 0.2) is 11.6 Å². The molecule has 16 heavy (non-hydrogen) atoms. The number of hydrogen-bond donors (Lipinski definition) is 0. The van der Waals surface area contributed by atoms with E-state index < -0.39 is 0 Å². The highest BCUT2D eigenvalue weighted by molar-refractivity contribution is 5.83. The first kappa shape index (κ1) is 10.3. The Bertz CT molecular complexity index is 360. The fourth-order valence-corrected chi connectivity index (χ4v) is 3.65. The van der Waals surface area contributed by atoms with Gasteiger partial charge in [-0.1, -0.05) is 12.5 Å². The molecule has 2 aliphatic carbocycles. The monoisotopic (exact) mass is 222 g/mol. The summed E-state index contributed by atoms with van der Waals surface area (Å²) in [6, 6.07) is 0. The van der Waals surface area contributed by atoms with Gasteiger partial charge < -0.3 is 9.47 Å². The van der Waals surface area contributed by atoms with Gasteiger partial charge >= 0.3 is 5.97 Å². The fraction of sp³-hybridized carbons (Fsp3) is 0.769. The molecule has 4 atom stereocenters. The summed E-state index contributed by atoms with van der Waals surface area (Å²) in [4.78, 5) is 11.3. The summed E-state index contributed by atoms with van der Waals surface area (Å²) >= 11 is 0. The lowest BCUT2D eigenvalue weighted by Crippen LogP contribution is -2.32. The predicted molar refractivity (Wildman–Crippen MR) is 58.8 cm³/mol. The molecule has 1 aliphatic heterocycles. The highest BCUT2D eigenvalue weighted by atomic mass is 16.6. The number of rotatable bonds is 1. The first-order chi connectivity index (χ1) is 7.65. The van der Waals surface area contributed by atoms with E-state index in [2.05, 4.69) is 6.92 Å². The Morgan fingerprint density at radius 2 is 2.38 bits per heavy atom. The van der Waals surface area contributed by atoms with Crippen molar-refractivity contribution in [1.82, 2.24) is 0 Å². The van der Waals surface area contributed by atoms with Gasteiger partial charge in [-0.25, -0.2) is 4.79 Å². The average molecular weight is 222 g/mol. The van der Waals surface area contributed by atoms with Crippen molar-refractivity contribution in [2.75, 3.05) is 7.11 Å². The Kier molecular flexibility index (Phi) is 2.15.